The molecule has 0 fully saturated rings. The number of aromatic nitrogens is 1. The van der Waals surface area contributed by atoms with Crippen molar-refractivity contribution in [3.8, 4) is 17.7 Å². The minimum absolute atomic E-state index is 0.0237. The predicted octanol–water partition coefficient (Wildman–Crippen LogP) is 4.90. The average molecular weight is 411 g/mol. The lowest BCUT2D eigenvalue weighted by Crippen LogP contribution is -2.28. The first kappa shape index (κ1) is 23.2. The van der Waals surface area contributed by atoms with Gasteiger partial charge in [-0.2, -0.15) is 5.26 Å². The second-order valence-corrected chi connectivity index (χ2v) is 7.70. The van der Waals surface area contributed by atoms with Gasteiger partial charge in [-0.25, -0.2) is 0 Å². The number of hydrogen-bond acceptors (Lipinski definition) is 5. The third-order valence-electron chi connectivity index (χ3n) is 5.12. The number of hydrogen-bond donors (Lipinski definition) is 1. The van der Waals surface area contributed by atoms with Crippen LogP contribution < -0.4 is 10.3 Å². The number of nitrogens with zero attached hydrogens (tertiary/aromatic N) is 2. The Morgan fingerprint density at radius 2 is 1.80 bits per heavy atom. The van der Waals surface area contributed by atoms with Crippen LogP contribution in [0.3, 0.4) is 0 Å². The molecule has 2 aromatic rings. The molecule has 1 N–H and O–H groups in total. The zero-order valence-electron chi connectivity index (χ0n) is 18.2. The Labute approximate surface area is 177 Å². The van der Waals surface area contributed by atoms with Crippen molar-refractivity contribution in [2.24, 2.45) is 0 Å². The molecule has 160 valence electrons. The first-order chi connectivity index (χ1) is 14.3. The Kier molecular flexibility index (Phi) is 8.23. The lowest BCUT2D eigenvalue weighted by Gasteiger charge is -2.18. The maximum Gasteiger partial charge on any atom is 0.271 e. The molecule has 1 aromatic heterocycles. The highest BCUT2D eigenvalue weighted by Crippen LogP contribution is 2.27. The van der Waals surface area contributed by atoms with E-state index in [1.54, 1.807) is 38.1 Å². The van der Waals surface area contributed by atoms with Gasteiger partial charge in [0.1, 0.15) is 17.4 Å². The molecule has 0 atom stereocenters. The first-order valence-electron chi connectivity index (χ1n) is 10.5. The van der Waals surface area contributed by atoms with Crippen LogP contribution in [0.5, 0.6) is 11.6 Å². The molecule has 1 heterocycles. The molecule has 6 heteroatoms. The molecule has 0 spiro atoms. The van der Waals surface area contributed by atoms with Crippen LogP contribution in [-0.2, 0) is 0 Å². The Bertz CT molecular complexity index is 982. The summed E-state index contributed by atoms with van der Waals surface area (Å²) in [4.78, 5) is 25.6. The number of ketones is 1. The van der Waals surface area contributed by atoms with E-state index < -0.39 is 23.3 Å². The van der Waals surface area contributed by atoms with Gasteiger partial charge in [0.25, 0.3) is 5.56 Å². The van der Waals surface area contributed by atoms with Crippen molar-refractivity contribution in [3.63, 3.8) is 0 Å². The van der Waals surface area contributed by atoms with E-state index in [-0.39, 0.29) is 16.7 Å². The highest BCUT2D eigenvalue weighted by atomic mass is 16.5. The van der Waals surface area contributed by atoms with E-state index in [0.29, 0.717) is 17.9 Å². The summed E-state index contributed by atoms with van der Waals surface area (Å²) in [5.74, 6) is -0.182. The fraction of sp³-hybridized carbons (Fsp3) is 0.458. The number of ether oxygens (including phenoxy) is 1. The molecular formula is C24H30N2O4. The molecule has 0 aliphatic heterocycles. The van der Waals surface area contributed by atoms with Crippen molar-refractivity contribution in [2.45, 2.75) is 65.8 Å². The molecule has 6 nitrogen and oxygen atoms in total. The van der Waals surface area contributed by atoms with Gasteiger partial charge < -0.3 is 9.84 Å². The van der Waals surface area contributed by atoms with E-state index in [9.17, 15) is 20.0 Å². The number of unbranched alkanes of at least 4 members (excludes halogenated alkanes) is 4. The van der Waals surface area contributed by atoms with Crippen molar-refractivity contribution >= 4 is 5.78 Å². The number of aromatic hydroxyl groups is 1. The summed E-state index contributed by atoms with van der Waals surface area (Å²) in [5, 5.41) is 20.0. The van der Waals surface area contributed by atoms with E-state index >= 15 is 0 Å². The van der Waals surface area contributed by atoms with Crippen LogP contribution in [0.4, 0.5) is 0 Å². The average Bonchev–Trinajstić information content (AvgIpc) is 2.71. The van der Waals surface area contributed by atoms with Crippen molar-refractivity contribution in [1.82, 2.24) is 4.57 Å². The van der Waals surface area contributed by atoms with E-state index in [1.165, 1.54) is 26.2 Å². The topological polar surface area (TPSA) is 92.3 Å². The lowest BCUT2D eigenvalue weighted by molar-refractivity contribution is 0.103. The summed E-state index contributed by atoms with van der Waals surface area (Å²) in [6.45, 7) is 7.73. The van der Waals surface area contributed by atoms with E-state index in [2.05, 4.69) is 6.92 Å². The SMILES string of the molecule is CCCCCCCOc1ccc(C(=O)c2c(C)c(C#N)c(=O)n(C(C)C)c2O)cc1. The number of rotatable bonds is 10. The van der Waals surface area contributed by atoms with Crippen LogP contribution in [0, 0.1) is 18.3 Å². The summed E-state index contributed by atoms with van der Waals surface area (Å²) in [7, 11) is 0. The number of nitriles is 1. The van der Waals surface area contributed by atoms with Gasteiger partial charge in [-0.15, -0.1) is 0 Å². The molecule has 0 radical (unpaired) electrons. The molecule has 0 saturated carbocycles. The monoisotopic (exact) mass is 410 g/mol. The summed E-state index contributed by atoms with van der Waals surface area (Å²) >= 11 is 0. The fourth-order valence-corrected chi connectivity index (χ4v) is 3.42. The number of benzene rings is 1. The highest BCUT2D eigenvalue weighted by molar-refractivity contribution is 6.11. The molecule has 30 heavy (non-hydrogen) atoms. The van der Waals surface area contributed by atoms with Crippen LogP contribution in [0.25, 0.3) is 0 Å². The molecule has 0 amide bonds. The second kappa shape index (κ2) is 10.6. The maximum absolute atomic E-state index is 13.1. The summed E-state index contributed by atoms with van der Waals surface area (Å²) < 4.78 is 6.81. The van der Waals surface area contributed by atoms with Gasteiger partial charge in [-0.05, 0) is 57.0 Å². The van der Waals surface area contributed by atoms with Gasteiger partial charge in [0.15, 0.2) is 5.78 Å². The summed E-state index contributed by atoms with van der Waals surface area (Å²) in [6.07, 6.45) is 5.77. The quantitative estimate of drug-likeness (QED) is 0.444. The Balaban J connectivity index is 2.24. The standard InChI is InChI=1S/C24H30N2O4/c1-5-6-7-8-9-14-30-19-12-10-18(11-13-19)22(27)21-17(4)20(15-25)23(28)26(16(2)3)24(21)29/h10-13,16,29H,5-9,14H2,1-4H3. The van der Waals surface area contributed by atoms with Crippen LogP contribution >= 0.6 is 0 Å². The zero-order valence-corrected chi connectivity index (χ0v) is 18.2. The lowest BCUT2D eigenvalue weighted by atomic mass is 9.97. The van der Waals surface area contributed by atoms with Crippen LogP contribution in [0.15, 0.2) is 29.1 Å². The minimum atomic E-state index is -0.596. The largest absolute Gasteiger partial charge is 0.494 e. The van der Waals surface area contributed by atoms with Gasteiger partial charge in [0, 0.05) is 11.6 Å². The number of carbonyl (C=O) groups is 1. The first-order valence-corrected chi connectivity index (χ1v) is 10.5. The Hall–Kier alpha value is -3.07. The van der Waals surface area contributed by atoms with Crippen molar-refractivity contribution < 1.29 is 14.6 Å². The smallest absolute Gasteiger partial charge is 0.271 e. The van der Waals surface area contributed by atoms with Crippen molar-refractivity contribution in [1.29, 1.82) is 5.26 Å². The number of carbonyl (C=O) groups excluding carboxylic acids is 1. The van der Waals surface area contributed by atoms with Crippen molar-refractivity contribution in [2.75, 3.05) is 6.61 Å². The highest BCUT2D eigenvalue weighted by Gasteiger charge is 2.25. The molecule has 0 aliphatic rings. The van der Waals surface area contributed by atoms with Crippen molar-refractivity contribution in [3.05, 3.63) is 56.9 Å². The summed E-state index contributed by atoms with van der Waals surface area (Å²) in [6, 6.07) is 8.16. The molecule has 0 saturated heterocycles. The molecular weight excluding hydrogens is 380 g/mol. The maximum atomic E-state index is 13.1. The van der Waals surface area contributed by atoms with Gasteiger partial charge in [-0.1, -0.05) is 32.6 Å². The minimum Gasteiger partial charge on any atom is -0.494 e. The third kappa shape index (κ3) is 5.10. The van der Waals surface area contributed by atoms with Crippen LogP contribution in [0.1, 0.15) is 86.0 Å². The molecule has 0 aliphatic carbocycles. The van der Waals surface area contributed by atoms with E-state index in [0.717, 1.165) is 17.4 Å². The fourth-order valence-electron chi connectivity index (χ4n) is 3.42. The summed E-state index contributed by atoms with van der Waals surface area (Å²) in [5.41, 5.74) is -0.213. The normalized spacial score (nSPS) is 10.8. The third-order valence-corrected chi connectivity index (χ3v) is 5.12. The zero-order chi connectivity index (χ0) is 22.3. The molecule has 0 unspecified atom stereocenters. The Morgan fingerprint density at radius 3 is 2.37 bits per heavy atom. The number of pyridine rings is 1. The molecule has 1 aromatic carbocycles. The molecule has 2 rings (SSSR count). The predicted molar refractivity (Wildman–Crippen MR) is 116 cm³/mol. The van der Waals surface area contributed by atoms with E-state index in [4.69, 9.17) is 4.74 Å². The van der Waals surface area contributed by atoms with Gasteiger partial charge in [-0.3, -0.25) is 14.2 Å². The van der Waals surface area contributed by atoms with Gasteiger partial charge >= 0.3 is 0 Å². The molecule has 0 bridgehead atoms. The Morgan fingerprint density at radius 1 is 1.17 bits per heavy atom. The van der Waals surface area contributed by atoms with Gasteiger partial charge in [0.2, 0.25) is 5.88 Å². The van der Waals surface area contributed by atoms with Crippen LogP contribution in [-0.4, -0.2) is 22.1 Å². The second-order valence-electron chi connectivity index (χ2n) is 7.70. The van der Waals surface area contributed by atoms with Gasteiger partial charge in [0.05, 0.1) is 12.2 Å². The van der Waals surface area contributed by atoms with Crippen LogP contribution in [0.2, 0.25) is 0 Å². The van der Waals surface area contributed by atoms with E-state index in [1.807, 2.05) is 6.07 Å².